The topological polar surface area (TPSA) is 57.6 Å². The third-order valence-electron chi connectivity index (χ3n) is 2.51. The summed E-state index contributed by atoms with van der Waals surface area (Å²) in [6, 6.07) is 3.50. The Hall–Kier alpha value is -0.430. The van der Waals surface area contributed by atoms with Crippen LogP contribution in [0.25, 0.3) is 0 Å². The molecule has 0 aromatic carbocycles. The number of aliphatic hydroxyl groups is 1. The molecule has 1 heterocycles. The number of hydrogen-bond donors (Lipinski definition) is 1. The van der Waals surface area contributed by atoms with E-state index in [0.717, 1.165) is 11.3 Å². The van der Waals surface area contributed by atoms with Gasteiger partial charge in [-0.3, -0.25) is 0 Å². The molecule has 0 bridgehead atoms. The van der Waals surface area contributed by atoms with E-state index in [1.807, 2.05) is 13.0 Å². The largest absolute Gasteiger partial charge is 0.393 e. The molecule has 1 unspecified atom stereocenters. The van der Waals surface area contributed by atoms with Crippen LogP contribution in [0.5, 0.6) is 0 Å². The van der Waals surface area contributed by atoms with Crippen LogP contribution < -0.4 is 0 Å². The van der Waals surface area contributed by atoms with E-state index in [-0.39, 0.29) is 0 Å². The SMILES string of the molecule is CCc1ccc(S(=O)(=O)N(C)CCC(C)O)s1. The fourth-order valence-electron chi connectivity index (χ4n) is 1.33. The highest BCUT2D eigenvalue weighted by Crippen LogP contribution is 2.24. The molecule has 0 saturated heterocycles. The second kappa shape index (κ2) is 5.95. The average molecular weight is 277 g/mol. The molecule has 0 spiro atoms. The summed E-state index contributed by atoms with van der Waals surface area (Å²) in [5.74, 6) is 0. The minimum Gasteiger partial charge on any atom is -0.393 e. The van der Waals surface area contributed by atoms with E-state index < -0.39 is 16.1 Å². The second-order valence-corrected chi connectivity index (χ2v) is 7.48. The highest BCUT2D eigenvalue weighted by atomic mass is 32.2. The van der Waals surface area contributed by atoms with Gasteiger partial charge in [-0.25, -0.2) is 12.7 Å². The molecule has 1 aromatic heterocycles. The summed E-state index contributed by atoms with van der Waals surface area (Å²) in [5.41, 5.74) is 0. The Morgan fingerprint density at radius 1 is 1.47 bits per heavy atom. The van der Waals surface area contributed by atoms with E-state index in [0.29, 0.717) is 17.2 Å². The molecule has 0 radical (unpaired) electrons. The van der Waals surface area contributed by atoms with E-state index in [1.54, 1.807) is 20.0 Å². The van der Waals surface area contributed by atoms with E-state index in [4.69, 9.17) is 5.11 Å². The molecule has 1 atom stereocenters. The van der Waals surface area contributed by atoms with Crippen molar-refractivity contribution in [2.75, 3.05) is 13.6 Å². The van der Waals surface area contributed by atoms with Crippen molar-refractivity contribution in [2.24, 2.45) is 0 Å². The molecule has 17 heavy (non-hydrogen) atoms. The van der Waals surface area contributed by atoms with Crippen LogP contribution in [0.1, 0.15) is 25.1 Å². The molecular weight excluding hydrogens is 258 g/mol. The van der Waals surface area contributed by atoms with Crippen LogP contribution in [0.2, 0.25) is 0 Å². The van der Waals surface area contributed by atoms with Crippen LogP contribution in [0.15, 0.2) is 16.3 Å². The predicted molar refractivity (Wildman–Crippen MR) is 69.8 cm³/mol. The molecule has 1 rings (SSSR count). The fraction of sp³-hybridized carbons (Fsp3) is 0.636. The minimum absolute atomic E-state index is 0.333. The van der Waals surface area contributed by atoms with E-state index >= 15 is 0 Å². The molecule has 0 fully saturated rings. The van der Waals surface area contributed by atoms with E-state index in [9.17, 15) is 8.42 Å². The zero-order valence-corrected chi connectivity index (χ0v) is 12.0. The van der Waals surface area contributed by atoms with Crippen molar-refractivity contribution in [1.82, 2.24) is 4.31 Å². The van der Waals surface area contributed by atoms with Crippen molar-refractivity contribution >= 4 is 21.4 Å². The minimum atomic E-state index is -3.38. The lowest BCUT2D eigenvalue weighted by atomic mass is 10.3. The van der Waals surface area contributed by atoms with Gasteiger partial charge in [-0.05, 0) is 31.9 Å². The Morgan fingerprint density at radius 3 is 2.59 bits per heavy atom. The van der Waals surface area contributed by atoms with Gasteiger partial charge in [0.25, 0.3) is 10.0 Å². The highest BCUT2D eigenvalue weighted by Gasteiger charge is 2.22. The van der Waals surface area contributed by atoms with Gasteiger partial charge in [0.1, 0.15) is 4.21 Å². The summed E-state index contributed by atoms with van der Waals surface area (Å²) in [6.07, 6.45) is 0.807. The molecule has 1 aromatic rings. The van der Waals surface area contributed by atoms with Crippen LogP contribution >= 0.6 is 11.3 Å². The lowest BCUT2D eigenvalue weighted by Gasteiger charge is -2.16. The third kappa shape index (κ3) is 3.77. The number of thiophene rings is 1. The van der Waals surface area contributed by atoms with Gasteiger partial charge in [0.2, 0.25) is 0 Å². The molecule has 98 valence electrons. The number of aryl methyl sites for hydroxylation is 1. The Labute approximate surface area is 107 Å². The molecule has 0 aliphatic rings. The smallest absolute Gasteiger partial charge is 0.252 e. The summed E-state index contributed by atoms with van der Waals surface area (Å²) in [6.45, 7) is 3.99. The second-order valence-electron chi connectivity index (χ2n) is 4.04. The maximum Gasteiger partial charge on any atom is 0.252 e. The number of aliphatic hydroxyl groups excluding tert-OH is 1. The summed E-state index contributed by atoms with van der Waals surface area (Å²) in [5, 5.41) is 9.16. The molecule has 0 aliphatic carbocycles. The fourth-order valence-corrected chi connectivity index (χ4v) is 4.02. The molecule has 6 heteroatoms. The van der Waals surface area contributed by atoms with Crippen molar-refractivity contribution in [1.29, 1.82) is 0 Å². The summed E-state index contributed by atoms with van der Waals surface area (Å²) < 4.78 is 25.9. The van der Waals surface area contributed by atoms with Crippen LogP contribution in [0.4, 0.5) is 0 Å². The van der Waals surface area contributed by atoms with Crippen molar-refractivity contribution in [3.05, 3.63) is 17.0 Å². The molecule has 0 aliphatic heterocycles. The van der Waals surface area contributed by atoms with Crippen molar-refractivity contribution < 1.29 is 13.5 Å². The van der Waals surface area contributed by atoms with Gasteiger partial charge in [-0.2, -0.15) is 0 Å². The molecule has 0 amide bonds. The predicted octanol–water partition coefficient (Wildman–Crippen LogP) is 1.70. The standard InChI is InChI=1S/C11H19NO3S2/c1-4-10-5-6-11(16-10)17(14,15)12(3)8-7-9(2)13/h5-6,9,13H,4,7-8H2,1-3H3. The lowest BCUT2D eigenvalue weighted by Crippen LogP contribution is -2.29. The molecule has 1 N–H and O–H groups in total. The van der Waals surface area contributed by atoms with E-state index in [1.165, 1.54) is 15.6 Å². The first-order valence-electron chi connectivity index (χ1n) is 5.61. The van der Waals surface area contributed by atoms with Crippen LogP contribution in [-0.2, 0) is 16.4 Å². The van der Waals surface area contributed by atoms with Crippen molar-refractivity contribution in [3.63, 3.8) is 0 Å². The van der Waals surface area contributed by atoms with Crippen LogP contribution in [0.3, 0.4) is 0 Å². The maximum atomic E-state index is 12.1. The Kier molecular flexibility index (Phi) is 5.12. The first-order chi connectivity index (χ1) is 7.87. The van der Waals surface area contributed by atoms with Gasteiger partial charge in [-0.15, -0.1) is 11.3 Å². The normalized spacial score (nSPS) is 14.2. The number of sulfonamides is 1. The van der Waals surface area contributed by atoms with Gasteiger partial charge in [0.15, 0.2) is 0 Å². The summed E-state index contributed by atoms with van der Waals surface area (Å²) >= 11 is 1.31. The first-order valence-corrected chi connectivity index (χ1v) is 7.86. The number of rotatable bonds is 6. The molecule has 0 saturated carbocycles. The lowest BCUT2D eigenvalue weighted by molar-refractivity contribution is 0.177. The summed E-state index contributed by atoms with van der Waals surface area (Å²) in [7, 11) is -1.84. The molecule has 4 nitrogen and oxygen atoms in total. The Balaban J connectivity index is 2.79. The third-order valence-corrected chi connectivity index (χ3v) is 6.07. The van der Waals surface area contributed by atoms with Crippen LogP contribution in [0, 0.1) is 0 Å². The Bertz CT molecular complexity index is 451. The van der Waals surface area contributed by atoms with Gasteiger partial charge in [0, 0.05) is 18.5 Å². The Morgan fingerprint density at radius 2 is 2.12 bits per heavy atom. The van der Waals surface area contributed by atoms with Gasteiger partial charge >= 0.3 is 0 Å². The molecular formula is C11H19NO3S2. The van der Waals surface area contributed by atoms with Crippen molar-refractivity contribution in [3.8, 4) is 0 Å². The first kappa shape index (κ1) is 14.6. The summed E-state index contributed by atoms with van der Waals surface area (Å²) in [4.78, 5) is 1.06. The number of hydrogen-bond acceptors (Lipinski definition) is 4. The van der Waals surface area contributed by atoms with Crippen LogP contribution in [-0.4, -0.2) is 37.5 Å². The average Bonchev–Trinajstić information content (AvgIpc) is 2.74. The van der Waals surface area contributed by atoms with E-state index in [2.05, 4.69) is 0 Å². The van der Waals surface area contributed by atoms with Gasteiger partial charge in [-0.1, -0.05) is 6.92 Å². The van der Waals surface area contributed by atoms with Gasteiger partial charge < -0.3 is 5.11 Å². The number of nitrogens with zero attached hydrogens (tertiary/aromatic N) is 1. The van der Waals surface area contributed by atoms with Gasteiger partial charge in [0.05, 0.1) is 6.10 Å². The highest BCUT2D eigenvalue weighted by molar-refractivity contribution is 7.91. The van der Waals surface area contributed by atoms with Crippen molar-refractivity contribution in [2.45, 2.75) is 37.0 Å². The maximum absolute atomic E-state index is 12.1. The quantitative estimate of drug-likeness (QED) is 0.861. The monoisotopic (exact) mass is 277 g/mol. The zero-order chi connectivity index (χ0) is 13.1. The zero-order valence-electron chi connectivity index (χ0n) is 10.4.